The number of nitrogens with two attached hydrogens (primary N) is 1. The highest BCUT2D eigenvalue weighted by atomic mass is 35.5. The highest BCUT2D eigenvalue weighted by Gasteiger charge is 2.34. The molecule has 1 atom stereocenters. The highest BCUT2D eigenvalue weighted by Crippen LogP contribution is 2.26. The molecule has 2 aromatic rings. The van der Waals surface area contributed by atoms with E-state index in [1.807, 2.05) is 31.3 Å². The zero-order chi connectivity index (χ0) is 14.8. The molecule has 4 nitrogen and oxygen atoms in total. The van der Waals surface area contributed by atoms with Gasteiger partial charge in [0, 0.05) is 28.5 Å². The Bertz CT molecular complexity index is 623. The molecular formula is C15H19ClN2O2. The lowest BCUT2D eigenvalue weighted by Crippen LogP contribution is -2.50. The molecule has 0 aliphatic carbocycles. The van der Waals surface area contributed by atoms with E-state index in [0.29, 0.717) is 24.5 Å². The van der Waals surface area contributed by atoms with Gasteiger partial charge in [0.1, 0.15) is 5.54 Å². The number of benzene rings is 1. The van der Waals surface area contributed by atoms with Crippen LogP contribution in [0.2, 0.25) is 5.02 Å². The summed E-state index contributed by atoms with van der Waals surface area (Å²) >= 11 is 6.03. The molecule has 3 N–H and O–H groups in total. The first-order chi connectivity index (χ1) is 9.50. The van der Waals surface area contributed by atoms with Gasteiger partial charge in [0.05, 0.1) is 6.61 Å². The topological polar surface area (TPSA) is 68.1 Å². The van der Waals surface area contributed by atoms with Crippen molar-refractivity contribution in [1.29, 1.82) is 0 Å². The van der Waals surface area contributed by atoms with Crippen LogP contribution in [0.5, 0.6) is 0 Å². The number of aromatic amines is 1. The summed E-state index contributed by atoms with van der Waals surface area (Å²) in [6.07, 6.45) is 2.80. The molecule has 0 radical (unpaired) electrons. The van der Waals surface area contributed by atoms with Crippen LogP contribution in [0.4, 0.5) is 0 Å². The van der Waals surface area contributed by atoms with Gasteiger partial charge >= 0.3 is 5.97 Å². The van der Waals surface area contributed by atoms with Crippen LogP contribution in [-0.4, -0.2) is 23.1 Å². The van der Waals surface area contributed by atoms with Crippen molar-refractivity contribution in [3.8, 4) is 0 Å². The molecule has 0 aliphatic heterocycles. The van der Waals surface area contributed by atoms with E-state index in [2.05, 4.69) is 4.98 Å². The van der Waals surface area contributed by atoms with E-state index in [9.17, 15) is 4.79 Å². The van der Waals surface area contributed by atoms with Crippen LogP contribution in [0.1, 0.15) is 25.8 Å². The Kier molecular flexibility index (Phi) is 4.35. The lowest BCUT2D eigenvalue weighted by atomic mass is 9.89. The van der Waals surface area contributed by atoms with Gasteiger partial charge in [0.15, 0.2) is 0 Å². The molecule has 0 saturated carbocycles. The first-order valence-corrected chi connectivity index (χ1v) is 7.09. The SMILES string of the molecule is CCOC(=O)C(N)(CC)Cc1c[nH]c2ccc(Cl)cc12. The van der Waals surface area contributed by atoms with E-state index < -0.39 is 5.54 Å². The molecule has 0 bridgehead atoms. The summed E-state index contributed by atoms with van der Waals surface area (Å²) in [5.74, 6) is -0.362. The van der Waals surface area contributed by atoms with Crippen LogP contribution in [0.25, 0.3) is 10.9 Å². The summed E-state index contributed by atoms with van der Waals surface area (Å²) < 4.78 is 5.08. The third-order valence-corrected chi connectivity index (χ3v) is 3.78. The molecule has 1 aromatic heterocycles. The Morgan fingerprint density at radius 1 is 1.45 bits per heavy atom. The number of hydrogen-bond acceptors (Lipinski definition) is 3. The molecule has 0 aliphatic rings. The molecule has 0 amide bonds. The summed E-state index contributed by atoms with van der Waals surface area (Å²) in [5, 5.41) is 1.65. The average Bonchev–Trinajstić information content (AvgIpc) is 2.81. The fourth-order valence-corrected chi connectivity index (χ4v) is 2.43. The molecule has 0 saturated heterocycles. The molecular weight excluding hydrogens is 276 g/mol. The second kappa shape index (κ2) is 5.85. The predicted octanol–water partition coefficient (Wildman–Crippen LogP) is 3.03. The van der Waals surface area contributed by atoms with Crippen molar-refractivity contribution in [3.05, 3.63) is 35.0 Å². The maximum Gasteiger partial charge on any atom is 0.326 e. The van der Waals surface area contributed by atoms with Gasteiger partial charge in [0.25, 0.3) is 0 Å². The normalized spacial score (nSPS) is 14.2. The van der Waals surface area contributed by atoms with Crippen molar-refractivity contribution in [2.24, 2.45) is 5.73 Å². The second-order valence-corrected chi connectivity index (χ2v) is 5.35. The first-order valence-electron chi connectivity index (χ1n) is 6.71. The number of aromatic nitrogens is 1. The van der Waals surface area contributed by atoms with E-state index in [4.69, 9.17) is 22.1 Å². The van der Waals surface area contributed by atoms with Gasteiger partial charge < -0.3 is 15.5 Å². The van der Waals surface area contributed by atoms with Crippen molar-refractivity contribution in [2.45, 2.75) is 32.2 Å². The summed E-state index contributed by atoms with van der Waals surface area (Å²) in [6, 6.07) is 5.62. The van der Waals surface area contributed by atoms with E-state index >= 15 is 0 Å². The Labute approximate surface area is 123 Å². The van der Waals surface area contributed by atoms with Crippen molar-refractivity contribution < 1.29 is 9.53 Å². The summed E-state index contributed by atoms with van der Waals surface area (Å²) in [6.45, 7) is 4.00. The lowest BCUT2D eigenvalue weighted by Gasteiger charge is -2.25. The Morgan fingerprint density at radius 2 is 2.20 bits per heavy atom. The Balaban J connectivity index is 2.34. The third kappa shape index (κ3) is 2.81. The largest absolute Gasteiger partial charge is 0.465 e. The quantitative estimate of drug-likeness (QED) is 0.833. The number of carbonyl (C=O) groups excluding carboxylic acids is 1. The molecule has 0 fully saturated rings. The zero-order valence-corrected chi connectivity index (χ0v) is 12.5. The minimum Gasteiger partial charge on any atom is -0.465 e. The van der Waals surface area contributed by atoms with Crippen LogP contribution in [0, 0.1) is 0 Å². The van der Waals surface area contributed by atoms with E-state index in [1.165, 1.54) is 0 Å². The minimum atomic E-state index is -1.01. The molecule has 0 spiro atoms. The van der Waals surface area contributed by atoms with Gasteiger partial charge in [-0.05, 0) is 37.1 Å². The summed E-state index contributed by atoms with van der Waals surface area (Å²) in [4.78, 5) is 15.2. The number of carbonyl (C=O) groups is 1. The van der Waals surface area contributed by atoms with E-state index in [-0.39, 0.29) is 5.97 Å². The highest BCUT2D eigenvalue weighted by molar-refractivity contribution is 6.31. The first kappa shape index (κ1) is 14.9. The molecule has 1 aromatic carbocycles. The van der Waals surface area contributed by atoms with Crippen LogP contribution in [0.15, 0.2) is 24.4 Å². The maximum absolute atomic E-state index is 12.0. The van der Waals surface area contributed by atoms with Gasteiger partial charge in [-0.2, -0.15) is 0 Å². The summed E-state index contributed by atoms with van der Waals surface area (Å²) in [7, 11) is 0. The maximum atomic E-state index is 12.0. The number of rotatable bonds is 5. The second-order valence-electron chi connectivity index (χ2n) is 4.91. The Morgan fingerprint density at radius 3 is 2.85 bits per heavy atom. The van der Waals surface area contributed by atoms with Crippen LogP contribution in [0.3, 0.4) is 0 Å². The summed E-state index contributed by atoms with van der Waals surface area (Å²) in [5.41, 5.74) is 7.17. The van der Waals surface area contributed by atoms with Gasteiger partial charge in [-0.3, -0.25) is 4.79 Å². The number of nitrogens with one attached hydrogen (secondary N) is 1. The molecule has 1 heterocycles. The number of fused-ring (bicyclic) bond motifs is 1. The molecule has 5 heteroatoms. The van der Waals surface area contributed by atoms with Gasteiger partial charge in [0.2, 0.25) is 0 Å². The number of ether oxygens (including phenoxy) is 1. The number of hydrogen-bond donors (Lipinski definition) is 2. The van der Waals surface area contributed by atoms with Crippen molar-refractivity contribution in [2.75, 3.05) is 6.61 Å². The average molecular weight is 295 g/mol. The zero-order valence-electron chi connectivity index (χ0n) is 11.7. The smallest absolute Gasteiger partial charge is 0.326 e. The molecule has 108 valence electrons. The monoisotopic (exact) mass is 294 g/mol. The van der Waals surface area contributed by atoms with Crippen LogP contribution >= 0.6 is 11.6 Å². The number of esters is 1. The standard InChI is InChI=1S/C15H19ClN2O2/c1-3-15(17,14(19)20-4-2)8-10-9-18-13-6-5-11(16)7-12(10)13/h5-7,9,18H,3-4,8,17H2,1-2H3. The predicted molar refractivity (Wildman–Crippen MR) is 80.9 cm³/mol. The third-order valence-electron chi connectivity index (χ3n) is 3.55. The van der Waals surface area contributed by atoms with Gasteiger partial charge in [-0.25, -0.2) is 0 Å². The van der Waals surface area contributed by atoms with E-state index in [1.54, 1.807) is 6.92 Å². The fraction of sp³-hybridized carbons (Fsp3) is 0.400. The van der Waals surface area contributed by atoms with Crippen molar-refractivity contribution in [1.82, 2.24) is 4.98 Å². The van der Waals surface area contributed by atoms with Crippen molar-refractivity contribution in [3.63, 3.8) is 0 Å². The number of halogens is 1. The van der Waals surface area contributed by atoms with Gasteiger partial charge in [-0.15, -0.1) is 0 Å². The fourth-order valence-electron chi connectivity index (χ4n) is 2.25. The Hall–Kier alpha value is -1.52. The molecule has 2 rings (SSSR count). The van der Waals surface area contributed by atoms with Crippen LogP contribution in [-0.2, 0) is 16.0 Å². The number of H-pyrrole nitrogens is 1. The lowest BCUT2D eigenvalue weighted by molar-refractivity contribution is -0.149. The van der Waals surface area contributed by atoms with E-state index in [0.717, 1.165) is 16.5 Å². The molecule has 20 heavy (non-hydrogen) atoms. The molecule has 1 unspecified atom stereocenters. The van der Waals surface area contributed by atoms with Gasteiger partial charge in [-0.1, -0.05) is 18.5 Å². The van der Waals surface area contributed by atoms with Crippen LogP contribution < -0.4 is 5.73 Å². The van der Waals surface area contributed by atoms with Crippen molar-refractivity contribution >= 4 is 28.5 Å². The minimum absolute atomic E-state index is 0.331.